The third-order valence-electron chi connectivity index (χ3n) is 2.90. The Morgan fingerprint density at radius 1 is 1.27 bits per heavy atom. The van der Waals surface area contributed by atoms with Crippen molar-refractivity contribution in [2.75, 3.05) is 19.7 Å². The van der Waals surface area contributed by atoms with Gasteiger partial charge in [-0.05, 0) is 12.8 Å². The average Bonchev–Trinajstić information content (AvgIpc) is 2.65. The van der Waals surface area contributed by atoms with Crippen LogP contribution in [0.4, 0.5) is 4.79 Å². The molecule has 0 aromatic rings. The van der Waals surface area contributed by atoms with Gasteiger partial charge in [0, 0.05) is 25.1 Å². The number of ether oxygens (including phenoxy) is 1. The molecule has 0 aromatic heterocycles. The molecule has 15 heavy (non-hydrogen) atoms. The van der Waals surface area contributed by atoms with Crippen LogP contribution in [0.15, 0.2) is 11.1 Å². The topological polar surface area (TPSA) is 66.8 Å². The predicted octanol–water partition coefficient (Wildman–Crippen LogP) is 1.00. The number of esters is 1. The van der Waals surface area contributed by atoms with Crippen LogP contribution in [0.5, 0.6) is 0 Å². The van der Waals surface area contributed by atoms with Crippen molar-refractivity contribution in [1.29, 1.82) is 0 Å². The SMILES string of the molecule is O=C1OCCC1=C1CCN(C(=O)O)CC1. The van der Waals surface area contributed by atoms with Gasteiger partial charge in [-0.3, -0.25) is 0 Å². The molecule has 1 amide bonds. The molecule has 0 radical (unpaired) electrons. The van der Waals surface area contributed by atoms with E-state index in [1.807, 2.05) is 0 Å². The van der Waals surface area contributed by atoms with Crippen LogP contribution in [-0.4, -0.2) is 41.8 Å². The van der Waals surface area contributed by atoms with Gasteiger partial charge in [0.25, 0.3) is 0 Å². The van der Waals surface area contributed by atoms with E-state index in [-0.39, 0.29) is 5.97 Å². The third kappa shape index (κ3) is 1.95. The minimum atomic E-state index is -0.881. The molecular weight excluding hydrogens is 198 g/mol. The minimum absolute atomic E-state index is 0.214. The molecule has 0 saturated carbocycles. The van der Waals surface area contributed by atoms with Crippen LogP contribution in [0, 0.1) is 0 Å². The summed E-state index contributed by atoms with van der Waals surface area (Å²) in [6.07, 6.45) is 1.13. The number of piperidine rings is 1. The molecule has 1 N–H and O–H groups in total. The van der Waals surface area contributed by atoms with Crippen LogP contribution in [0.25, 0.3) is 0 Å². The van der Waals surface area contributed by atoms with Gasteiger partial charge in [0.15, 0.2) is 0 Å². The summed E-state index contributed by atoms with van der Waals surface area (Å²) in [4.78, 5) is 23.3. The molecule has 2 aliphatic rings. The maximum atomic E-state index is 11.3. The van der Waals surface area contributed by atoms with Crippen molar-refractivity contribution in [1.82, 2.24) is 4.90 Å². The predicted molar refractivity (Wildman–Crippen MR) is 51.4 cm³/mol. The summed E-state index contributed by atoms with van der Waals surface area (Å²) in [5.41, 5.74) is 1.86. The van der Waals surface area contributed by atoms with Gasteiger partial charge in [0.2, 0.25) is 0 Å². The van der Waals surface area contributed by atoms with Crippen molar-refractivity contribution in [2.24, 2.45) is 0 Å². The number of carbonyl (C=O) groups is 2. The average molecular weight is 211 g/mol. The third-order valence-corrected chi connectivity index (χ3v) is 2.90. The summed E-state index contributed by atoms with van der Waals surface area (Å²) < 4.78 is 4.87. The second kappa shape index (κ2) is 3.92. The maximum absolute atomic E-state index is 11.3. The van der Waals surface area contributed by atoms with Crippen molar-refractivity contribution in [3.8, 4) is 0 Å². The number of hydrogen-bond acceptors (Lipinski definition) is 3. The number of amides is 1. The zero-order valence-corrected chi connectivity index (χ0v) is 8.36. The fourth-order valence-electron chi connectivity index (χ4n) is 2.03. The summed E-state index contributed by atoms with van der Waals surface area (Å²) in [7, 11) is 0. The fourth-order valence-corrected chi connectivity index (χ4v) is 2.03. The van der Waals surface area contributed by atoms with E-state index in [1.54, 1.807) is 0 Å². The van der Waals surface area contributed by atoms with Crippen molar-refractivity contribution in [3.05, 3.63) is 11.1 Å². The lowest BCUT2D eigenvalue weighted by atomic mass is 9.97. The molecule has 2 saturated heterocycles. The van der Waals surface area contributed by atoms with Gasteiger partial charge in [-0.25, -0.2) is 9.59 Å². The maximum Gasteiger partial charge on any atom is 0.407 e. The van der Waals surface area contributed by atoms with Crippen LogP contribution in [-0.2, 0) is 9.53 Å². The zero-order valence-electron chi connectivity index (χ0n) is 8.36. The molecule has 2 aliphatic heterocycles. The molecule has 2 heterocycles. The summed E-state index contributed by atoms with van der Waals surface area (Å²) in [6, 6.07) is 0. The first-order valence-corrected chi connectivity index (χ1v) is 5.04. The molecule has 5 nitrogen and oxygen atoms in total. The Labute approximate surface area is 87.3 Å². The Balaban J connectivity index is 2.04. The van der Waals surface area contributed by atoms with E-state index in [4.69, 9.17) is 9.84 Å². The summed E-state index contributed by atoms with van der Waals surface area (Å²) in [5.74, 6) is -0.214. The molecule has 0 unspecified atom stereocenters. The highest BCUT2D eigenvalue weighted by molar-refractivity contribution is 5.91. The molecule has 0 aromatic carbocycles. The summed E-state index contributed by atoms with van der Waals surface area (Å²) in [5, 5.41) is 8.76. The zero-order chi connectivity index (χ0) is 10.8. The van der Waals surface area contributed by atoms with Crippen molar-refractivity contribution < 1.29 is 19.4 Å². The first-order valence-electron chi connectivity index (χ1n) is 5.04. The van der Waals surface area contributed by atoms with Crippen molar-refractivity contribution >= 4 is 12.1 Å². The lowest BCUT2D eigenvalue weighted by molar-refractivity contribution is -0.135. The number of likely N-dealkylation sites (tertiary alicyclic amines) is 1. The van der Waals surface area contributed by atoms with E-state index >= 15 is 0 Å². The summed E-state index contributed by atoms with van der Waals surface area (Å²) >= 11 is 0. The van der Waals surface area contributed by atoms with E-state index in [0.717, 1.165) is 11.1 Å². The fraction of sp³-hybridized carbons (Fsp3) is 0.600. The Morgan fingerprint density at radius 3 is 2.40 bits per heavy atom. The lowest BCUT2D eigenvalue weighted by Crippen LogP contribution is -2.35. The van der Waals surface area contributed by atoms with Crippen LogP contribution in [0.1, 0.15) is 19.3 Å². The molecule has 2 fully saturated rings. The molecule has 0 atom stereocenters. The van der Waals surface area contributed by atoms with E-state index in [2.05, 4.69) is 0 Å². The highest BCUT2D eigenvalue weighted by Gasteiger charge is 2.26. The molecule has 82 valence electrons. The number of nitrogens with zero attached hydrogens (tertiary/aromatic N) is 1. The number of hydrogen-bond donors (Lipinski definition) is 1. The van der Waals surface area contributed by atoms with Gasteiger partial charge in [0.05, 0.1) is 6.61 Å². The van der Waals surface area contributed by atoms with Crippen LogP contribution in [0.3, 0.4) is 0 Å². The van der Waals surface area contributed by atoms with Gasteiger partial charge < -0.3 is 14.7 Å². The highest BCUT2D eigenvalue weighted by Crippen LogP contribution is 2.25. The van der Waals surface area contributed by atoms with Crippen molar-refractivity contribution in [3.63, 3.8) is 0 Å². The van der Waals surface area contributed by atoms with Crippen LogP contribution < -0.4 is 0 Å². The Kier molecular flexibility index (Phi) is 2.62. The highest BCUT2D eigenvalue weighted by atomic mass is 16.5. The largest absolute Gasteiger partial charge is 0.465 e. The van der Waals surface area contributed by atoms with E-state index in [9.17, 15) is 9.59 Å². The van der Waals surface area contributed by atoms with Gasteiger partial charge in [-0.15, -0.1) is 0 Å². The number of cyclic esters (lactones) is 1. The van der Waals surface area contributed by atoms with E-state index in [1.165, 1.54) is 4.90 Å². The Hall–Kier alpha value is -1.52. The molecule has 0 bridgehead atoms. The Morgan fingerprint density at radius 2 is 1.93 bits per heavy atom. The molecule has 0 spiro atoms. The van der Waals surface area contributed by atoms with Crippen LogP contribution >= 0.6 is 0 Å². The van der Waals surface area contributed by atoms with Gasteiger partial charge in [-0.1, -0.05) is 5.57 Å². The number of carbonyl (C=O) groups excluding carboxylic acids is 1. The van der Waals surface area contributed by atoms with Gasteiger partial charge in [-0.2, -0.15) is 0 Å². The first kappa shape index (κ1) is 10.0. The first-order chi connectivity index (χ1) is 7.18. The standard InChI is InChI=1S/C10H13NO4/c12-9-8(3-6-15-9)7-1-4-11(5-2-7)10(13)14/h1-6H2,(H,13,14). The van der Waals surface area contributed by atoms with Crippen molar-refractivity contribution in [2.45, 2.75) is 19.3 Å². The minimum Gasteiger partial charge on any atom is -0.465 e. The quantitative estimate of drug-likeness (QED) is 0.479. The Bertz CT molecular complexity index is 324. The summed E-state index contributed by atoms with van der Waals surface area (Å²) in [6.45, 7) is 1.45. The molecule has 5 heteroatoms. The number of rotatable bonds is 0. The molecular formula is C10H13NO4. The molecule has 2 rings (SSSR count). The normalized spacial score (nSPS) is 21.9. The second-order valence-electron chi connectivity index (χ2n) is 3.74. The molecule has 0 aliphatic carbocycles. The second-order valence-corrected chi connectivity index (χ2v) is 3.74. The number of carboxylic acid groups (broad SMARTS) is 1. The smallest absolute Gasteiger partial charge is 0.407 e. The van der Waals surface area contributed by atoms with Gasteiger partial charge >= 0.3 is 12.1 Å². The lowest BCUT2D eigenvalue weighted by Gasteiger charge is -2.26. The van der Waals surface area contributed by atoms with E-state index < -0.39 is 6.09 Å². The van der Waals surface area contributed by atoms with E-state index in [0.29, 0.717) is 39.0 Å². The van der Waals surface area contributed by atoms with Gasteiger partial charge in [0.1, 0.15) is 0 Å². The monoisotopic (exact) mass is 211 g/mol. The van der Waals surface area contributed by atoms with Crippen LogP contribution in [0.2, 0.25) is 0 Å².